The predicted octanol–water partition coefficient (Wildman–Crippen LogP) is 9.65. The van der Waals surface area contributed by atoms with Crippen LogP contribution in [0.1, 0.15) is 94.5 Å². The fraction of sp³-hybridized carbons (Fsp3) is 0.350. The van der Waals surface area contributed by atoms with Crippen LogP contribution in [0.4, 0.5) is 11.4 Å². The summed E-state index contributed by atoms with van der Waals surface area (Å²) in [6.45, 7) is 34.7. The van der Waals surface area contributed by atoms with Crippen molar-refractivity contribution in [1.29, 1.82) is 0 Å². The Morgan fingerprint density at radius 2 is 0.714 bits per heavy atom. The van der Waals surface area contributed by atoms with Gasteiger partial charge in [-0.15, -0.1) is 26.3 Å². The van der Waals surface area contributed by atoms with Gasteiger partial charge in [0.25, 0.3) is 0 Å². The van der Waals surface area contributed by atoms with Crippen LogP contribution in [0.25, 0.3) is 0 Å². The predicted molar refractivity (Wildman–Crippen MR) is 187 cm³/mol. The normalized spacial score (nSPS) is 11.8. The van der Waals surface area contributed by atoms with Crippen LogP contribution < -0.4 is 11.5 Å². The van der Waals surface area contributed by atoms with E-state index < -0.39 is 0 Å². The van der Waals surface area contributed by atoms with Crippen LogP contribution in [0.5, 0.6) is 0 Å². The maximum Gasteiger partial charge on any atom is 0.0373 e. The standard InChI is InChI=1S/C40H52N2/c1-13-17-31-32(18-14-2)36(40(11,12)30-23-27(7)38(42)28(8)24-30)34(20-16-4)33(19-15-3)35(31)39(9,10)29-21-25(5)37(41)26(6)22-29/h13-16,21-24H,1-4,17-20,41-42H2,5-12H3. The second-order valence-corrected chi connectivity index (χ2v) is 12.9. The van der Waals surface area contributed by atoms with Crippen molar-refractivity contribution in [2.24, 2.45) is 0 Å². The van der Waals surface area contributed by atoms with Crippen molar-refractivity contribution in [3.05, 3.63) is 142 Å². The maximum absolute atomic E-state index is 6.41. The topological polar surface area (TPSA) is 52.0 Å². The van der Waals surface area contributed by atoms with E-state index in [1.807, 2.05) is 24.3 Å². The van der Waals surface area contributed by atoms with Crippen LogP contribution in [0.2, 0.25) is 0 Å². The smallest absolute Gasteiger partial charge is 0.0373 e. The van der Waals surface area contributed by atoms with E-state index in [4.69, 9.17) is 11.5 Å². The fourth-order valence-corrected chi connectivity index (χ4v) is 6.91. The zero-order valence-electron chi connectivity index (χ0n) is 27.4. The summed E-state index contributed by atoms with van der Waals surface area (Å²) in [7, 11) is 0. The summed E-state index contributed by atoms with van der Waals surface area (Å²) < 4.78 is 0. The molecule has 0 aliphatic carbocycles. The third kappa shape index (κ3) is 5.77. The molecule has 2 nitrogen and oxygen atoms in total. The molecule has 0 atom stereocenters. The maximum atomic E-state index is 6.41. The highest BCUT2D eigenvalue weighted by Crippen LogP contribution is 2.47. The average Bonchev–Trinajstić information content (AvgIpc) is 2.92. The van der Waals surface area contributed by atoms with E-state index in [1.165, 1.54) is 44.5 Å². The molecule has 3 rings (SSSR count). The molecule has 0 amide bonds. The largest absolute Gasteiger partial charge is 0.398 e. The first-order valence-electron chi connectivity index (χ1n) is 15.1. The van der Waals surface area contributed by atoms with Crippen LogP contribution in [-0.4, -0.2) is 0 Å². The van der Waals surface area contributed by atoms with Crippen molar-refractivity contribution >= 4 is 11.4 Å². The summed E-state index contributed by atoms with van der Waals surface area (Å²) in [6, 6.07) is 9.04. The van der Waals surface area contributed by atoms with Crippen molar-refractivity contribution in [1.82, 2.24) is 0 Å². The first-order valence-corrected chi connectivity index (χ1v) is 15.1. The average molecular weight is 561 g/mol. The number of rotatable bonds is 12. The molecule has 2 heteroatoms. The molecule has 222 valence electrons. The summed E-state index contributed by atoms with van der Waals surface area (Å²) in [4.78, 5) is 0. The van der Waals surface area contributed by atoms with Crippen molar-refractivity contribution < 1.29 is 0 Å². The van der Waals surface area contributed by atoms with Crippen molar-refractivity contribution in [2.45, 2.75) is 91.9 Å². The van der Waals surface area contributed by atoms with Crippen LogP contribution in [0.3, 0.4) is 0 Å². The number of allylic oxidation sites excluding steroid dienone is 4. The molecule has 0 aromatic heterocycles. The lowest BCUT2D eigenvalue weighted by molar-refractivity contribution is 0.599. The van der Waals surface area contributed by atoms with E-state index in [9.17, 15) is 0 Å². The third-order valence-electron chi connectivity index (χ3n) is 9.21. The first kappa shape index (κ1) is 32.7. The van der Waals surface area contributed by atoms with Gasteiger partial charge in [-0.2, -0.15) is 0 Å². The molecule has 0 heterocycles. The quantitative estimate of drug-likeness (QED) is 0.171. The Hall–Kier alpha value is -3.78. The van der Waals surface area contributed by atoms with E-state index in [0.717, 1.165) is 59.3 Å². The Morgan fingerprint density at radius 3 is 0.905 bits per heavy atom. The monoisotopic (exact) mass is 560 g/mol. The summed E-state index contributed by atoms with van der Waals surface area (Å²) >= 11 is 0. The van der Waals surface area contributed by atoms with Gasteiger partial charge in [0, 0.05) is 22.2 Å². The highest BCUT2D eigenvalue weighted by molar-refractivity contribution is 5.65. The van der Waals surface area contributed by atoms with Crippen LogP contribution in [-0.2, 0) is 36.5 Å². The molecule has 0 bridgehead atoms. The Labute approximate surface area is 255 Å². The molecule has 0 fully saturated rings. The third-order valence-corrected chi connectivity index (χ3v) is 9.21. The molecule has 0 saturated heterocycles. The molecular weight excluding hydrogens is 508 g/mol. The highest BCUT2D eigenvalue weighted by atomic mass is 14.6. The van der Waals surface area contributed by atoms with Gasteiger partial charge in [-0.05, 0) is 120 Å². The Balaban J connectivity index is 2.63. The van der Waals surface area contributed by atoms with Gasteiger partial charge in [-0.25, -0.2) is 0 Å². The number of nitrogens with two attached hydrogens (primary N) is 2. The SMILES string of the molecule is C=CCc1c(CC=C)c(C(C)(C)c2cc(C)c(N)c(C)c2)c(CC=C)c(CC=C)c1C(C)(C)c1cc(C)c(N)c(C)c1. The fourth-order valence-electron chi connectivity index (χ4n) is 6.91. The van der Waals surface area contributed by atoms with Crippen molar-refractivity contribution in [2.75, 3.05) is 11.5 Å². The van der Waals surface area contributed by atoms with Gasteiger partial charge in [0.1, 0.15) is 0 Å². The van der Waals surface area contributed by atoms with Gasteiger partial charge in [-0.3, -0.25) is 0 Å². The summed E-state index contributed by atoms with van der Waals surface area (Å²) in [5, 5.41) is 0. The molecule has 0 aliphatic rings. The van der Waals surface area contributed by atoms with Crippen LogP contribution >= 0.6 is 0 Å². The molecule has 0 spiro atoms. The van der Waals surface area contributed by atoms with Gasteiger partial charge in [0.2, 0.25) is 0 Å². The Morgan fingerprint density at radius 1 is 0.500 bits per heavy atom. The minimum atomic E-state index is -0.303. The molecule has 3 aromatic rings. The Kier molecular flexibility index (Phi) is 9.83. The van der Waals surface area contributed by atoms with E-state index >= 15 is 0 Å². The van der Waals surface area contributed by atoms with Crippen molar-refractivity contribution in [3.63, 3.8) is 0 Å². The molecule has 0 radical (unpaired) electrons. The lowest BCUT2D eigenvalue weighted by Gasteiger charge is -2.40. The number of hydrogen-bond acceptors (Lipinski definition) is 2. The minimum absolute atomic E-state index is 0.303. The highest BCUT2D eigenvalue weighted by Gasteiger charge is 2.37. The minimum Gasteiger partial charge on any atom is -0.398 e. The van der Waals surface area contributed by atoms with E-state index in [1.54, 1.807) is 0 Å². The van der Waals surface area contributed by atoms with Gasteiger partial charge >= 0.3 is 0 Å². The van der Waals surface area contributed by atoms with Gasteiger partial charge in [-0.1, -0.05) is 76.3 Å². The molecular formula is C40H52N2. The van der Waals surface area contributed by atoms with Crippen molar-refractivity contribution in [3.8, 4) is 0 Å². The number of anilines is 2. The molecule has 0 saturated carbocycles. The summed E-state index contributed by atoms with van der Waals surface area (Å²) in [5.74, 6) is 0. The molecule has 0 aliphatic heterocycles. The molecule has 0 unspecified atom stereocenters. The van der Waals surface area contributed by atoms with Gasteiger partial charge < -0.3 is 11.5 Å². The van der Waals surface area contributed by atoms with E-state index in [2.05, 4.69) is 106 Å². The van der Waals surface area contributed by atoms with E-state index in [0.29, 0.717) is 0 Å². The number of aryl methyl sites for hydroxylation is 4. The Bertz CT molecular complexity index is 1340. The number of hydrogen-bond donors (Lipinski definition) is 2. The van der Waals surface area contributed by atoms with Gasteiger partial charge in [0.05, 0.1) is 0 Å². The molecule has 3 aromatic carbocycles. The number of nitrogen functional groups attached to an aromatic ring is 2. The second-order valence-electron chi connectivity index (χ2n) is 12.9. The van der Waals surface area contributed by atoms with Crippen LogP contribution in [0, 0.1) is 27.7 Å². The van der Waals surface area contributed by atoms with E-state index in [-0.39, 0.29) is 10.8 Å². The number of benzene rings is 3. The molecule has 4 N–H and O–H groups in total. The summed E-state index contributed by atoms with van der Waals surface area (Å²) in [6.07, 6.45) is 11.2. The zero-order chi connectivity index (χ0) is 31.6. The van der Waals surface area contributed by atoms with Gasteiger partial charge in [0.15, 0.2) is 0 Å². The zero-order valence-corrected chi connectivity index (χ0v) is 27.4. The lowest BCUT2D eigenvalue weighted by atomic mass is 9.64. The lowest BCUT2D eigenvalue weighted by Crippen LogP contribution is -2.31. The van der Waals surface area contributed by atoms with Crippen LogP contribution in [0.15, 0.2) is 74.9 Å². The second kappa shape index (κ2) is 12.6. The first-order chi connectivity index (χ1) is 19.7. The molecule has 42 heavy (non-hydrogen) atoms. The summed E-state index contributed by atoms with van der Waals surface area (Å²) in [5.41, 5.74) is 28.9.